The van der Waals surface area contributed by atoms with E-state index in [1.54, 1.807) is 24.3 Å². The summed E-state index contributed by atoms with van der Waals surface area (Å²) in [4.78, 5) is 33.5. The second-order valence-electron chi connectivity index (χ2n) is 4.30. The molecule has 1 rings (SSSR count). The van der Waals surface area contributed by atoms with Gasteiger partial charge in [0.15, 0.2) is 0 Å². The summed E-state index contributed by atoms with van der Waals surface area (Å²) in [6.45, 7) is -0.250. The molecule has 1 aromatic rings. The van der Waals surface area contributed by atoms with Crippen molar-refractivity contribution < 1.29 is 29.0 Å². The first kappa shape index (κ1) is 17.4. The SMILES string of the molecule is COC(=O)CNC[C@H](NC(=O)OCc1ccccc1)C(=O)O. The first-order chi connectivity index (χ1) is 10.5. The molecule has 0 radical (unpaired) electrons. The summed E-state index contributed by atoms with van der Waals surface area (Å²) < 4.78 is 9.32. The molecule has 0 bridgehead atoms. The molecule has 0 aliphatic carbocycles. The maximum Gasteiger partial charge on any atom is 0.408 e. The minimum absolute atomic E-state index is 0.0363. The van der Waals surface area contributed by atoms with E-state index in [1.165, 1.54) is 7.11 Å². The third-order valence-electron chi connectivity index (χ3n) is 2.65. The highest BCUT2D eigenvalue weighted by atomic mass is 16.5. The number of alkyl carbamates (subject to hydrolysis) is 1. The Hall–Kier alpha value is -2.61. The zero-order valence-electron chi connectivity index (χ0n) is 12.1. The summed E-state index contributed by atoms with van der Waals surface area (Å²) in [7, 11) is 1.22. The van der Waals surface area contributed by atoms with Gasteiger partial charge in [0.25, 0.3) is 0 Å². The van der Waals surface area contributed by atoms with Crippen LogP contribution in [-0.4, -0.2) is 49.4 Å². The van der Waals surface area contributed by atoms with Crippen LogP contribution in [0.2, 0.25) is 0 Å². The van der Waals surface area contributed by atoms with Gasteiger partial charge in [0.1, 0.15) is 12.6 Å². The smallest absolute Gasteiger partial charge is 0.408 e. The predicted octanol–water partition coefficient (Wildman–Crippen LogP) is 0.129. The number of carboxylic acid groups (broad SMARTS) is 1. The Bertz CT molecular complexity index is 505. The highest BCUT2D eigenvalue weighted by Gasteiger charge is 2.20. The van der Waals surface area contributed by atoms with E-state index < -0.39 is 24.1 Å². The van der Waals surface area contributed by atoms with Crippen LogP contribution in [0.15, 0.2) is 30.3 Å². The van der Waals surface area contributed by atoms with Crippen molar-refractivity contribution in [1.29, 1.82) is 0 Å². The number of rotatable bonds is 8. The Labute approximate surface area is 127 Å². The zero-order chi connectivity index (χ0) is 16.4. The largest absolute Gasteiger partial charge is 0.480 e. The molecule has 22 heavy (non-hydrogen) atoms. The van der Waals surface area contributed by atoms with Gasteiger partial charge in [-0.05, 0) is 5.56 Å². The summed E-state index contributed by atoms with van der Waals surface area (Å²) >= 11 is 0. The Kier molecular flexibility index (Phi) is 7.41. The van der Waals surface area contributed by atoms with Gasteiger partial charge in [-0.1, -0.05) is 30.3 Å². The average molecular weight is 310 g/mol. The van der Waals surface area contributed by atoms with Crippen molar-refractivity contribution in [1.82, 2.24) is 10.6 Å². The minimum atomic E-state index is -1.24. The second-order valence-corrected chi connectivity index (χ2v) is 4.30. The van der Waals surface area contributed by atoms with Gasteiger partial charge < -0.3 is 25.2 Å². The molecule has 0 spiro atoms. The van der Waals surface area contributed by atoms with E-state index in [0.717, 1.165) is 5.56 Å². The van der Waals surface area contributed by atoms with Crippen LogP contribution in [0.1, 0.15) is 5.56 Å². The van der Waals surface area contributed by atoms with Crippen molar-refractivity contribution in [3.05, 3.63) is 35.9 Å². The molecule has 1 atom stereocenters. The van der Waals surface area contributed by atoms with Crippen molar-refractivity contribution in [3.8, 4) is 0 Å². The number of carbonyl (C=O) groups excluding carboxylic acids is 2. The van der Waals surface area contributed by atoms with Gasteiger partial charge in [-0.3, -0.25) is 4.79 Å². The van der Waals surface area contributed by atoms with E-state index in [9.17, 15) is 14.4 Å². The van der Waals surface area contributed by atoms with Crippen molar-refractivity contribution in [2.24, 2.45) is 0 Å². The number of hydrogen-bond acceptors (Lipinski definition) is 6. The van der Waals surface area contributed by atoms with E-state index in [4.69, 9.17) is 9.84 Å². The third kappa shape index (κ3) is 6.71. The molecule has 0 heterocycles. The van der Waals surface area contributed by atoms with Crippen LogP contribution >= 0.6 is 0 Å². The molecule has 0 saturated heterocycles. The van der Waals surface area contributed by atoms with Crippen LogP contribution in [0, 0.1) is 0 Å². The van der Waals surface area contributed by atoms with E-state index in [-0.39, 0.29) is 19.7 Å². The molecule has 0 aliphatic rings. The maximum absolute atomic E-state index is 11.6. The number of nitrogens with one attached hydrogen (secondary N) is 2. The number of methoxy groups -OCH3 is 1. The molecule has 3 N–H and O–H groups in total. The molecule has 1 aromatic carbocycles. The van der Waals surface area contributed by atoms with Crippen molar-refractivity contribution in [3.63, 3.8) is 0 Å². The lowest BCUT2D eigenvalue weighted by Gasteiger charge is -2.15. The maximum atomic E-state index is 11.6. The number of hydrogen-bond donors (Lipinski definition) is 3. The third-order valence-corrected chi connectivity index (χ3v) is 2.65. The van der Waals surface area contributed by atoms with Gasteiger partial charge >= 0.3 is 18.0 Å². The van der Waals surface area contributed by atoms with Gasteiger partial charge in [0.2, 0.25) is 0 Å². The Morgan fingerprint density at radius 2 is 1.91 bits per heavy atom. The lowest BCUT2D eigenvalue weighted by molar-refractivity contribution is -0.141. The number of ether oxygens (including phenoxy) is 2. The average Bonchev–Trinajstić information content (AvgIpc) is 2.52. The molecule has 8 nitrogen and oxygen atoms in total. The standard InChI is InChI=1S/C14H18N2O6/c1-21-12(17)8-15-7-11(13(18)19)16-14(20)22-9-10-5-3-2-4-6-10/h2-6,11,15H,7-9H2,1H3,(H,16,20)(H,18,19)/t11-/m0/s1. The van der Waals surface area contributed by atoms with E-state index in [1.807, 2.05) is 6.07 Å². The van der Waals surface area contributed by atoms with E-state index in [2.05, 4.69) is 15.4 Å². The fraction of sp³-hybridized carbons (Fsp3) is 0.357. The summed E-state index contributed by atoms with van der Waals surface area (Å²) in [5.41, 5.74) is 0.786. The molecular weight excluding hydrogens is 292 g/mol. The molecule has 0 aromatic heterocycles. The second kappa shape index (κ2) is 9.35. The summed E-state index contributed by atoms with van der Waals surface area (Å²) in [6, 6.07) is 7.77. The van der Waals surface area contributed by atoms with Crippen molar-refractivity contribution in [2.75, 3.05) is 20.2 Å². The highest BCUT2D eigenvalue weighted by Crippen LogP contribution is 2.00. The summed E-state index contributed by atoms with van der Waals surface area (Å²) in [5.74, 6) is -1.77. The molecule has 1 amide bonds. The van der Waals surface area contributed by atoms with E-state index in [0.29, 0.717) is 0 Å². The molecule has 0 unspecified atom stereocenters. The topological polar surface area (TPSA) is 114 Å². The molecule has 120 valence electrons. The van der Waals surface area contributed by atoms with Crippen LogP contribution in [0.3, 0.4) is 0 Å². The fourth-order valence-corrected chi connectivity index (χ4v) is 1.50. The van der Waals surface area contributed by atoms with Crippen molar-refractivity contribution >= 4 is 18.0 Å². The first-order valence-electron chi connectivity index (χ1n) is 6.50. The van der Waals surface area contributed by atoms with Gasteiger partial charge in [-0.15, -0.1) is 0 Å². The summed E-state index contributed by atoms with van der Waals surface area (Å²) in [6.07, 6.45) is -0.851. The fourth-order valence-electron chi connectivity index (χ4n) is 1.50. The predicted molar refractivity (Wildman–Crippen MR) is 76.1 cm³/mol. The first-order valence-corrected chi connectivity index (χ1v) is 6.50. The monoisotopic (exact) mass is 310 g/mol. The Balaban J connectivity index is 2.37. The number of carbonyl (C=O) groups is 3. The van der Waals surface area contributed by atoms with Crippen LogP contribution in [-0.2, 0) is 25.7 Å². The van der Waals surface area contributed by atoms with Gasteiger partial charge in [-0.2, -0.15) is 0 Å². The number of aliphatic carboxylic acids is 1. The van der Waals surface area contributed by atoms with E-state index >= 15 is 0 Å². The van der Waals surface area contributed by atoms with Gasteiger partial charge in [0.05, 0.1) is 13.7 Å². The number of carboxylic acids is 1. The molecule has 0 aliphatic heterocycles. The quantitative estimate of drug-likeness (QED) is 0.585. The Morgan fingerprint density at radius 1 is 1.23 bits per heavy atom. The molecule has 0 fully saturated rings. The molecule has 8 heteroatoms. The highest BCUT2D eigenvalue weighted by molar-refractivity contribution is 5.80. The minimum Gasteiger partial charge on any atom is -0.480 e. The lowest BCUT2D eigenvalue weighted by atomic mass is 10.2. The number of amides is 1. The van der Waals surface area contributed by atoms with Gasteiger partial charge in [-0.25, -0.2) is 9.59 Å². The normalized spacial score (nSPS) is 11.3. The van der Waals surface area contributed by atoms with Crippen LogP contribution in [0.4, 0.5) is 4.79 Å². The molecule has 0 saturated carbocycles. The van der Waals surface area contributed by atoms with Crippen LogP contribution < -0.4 is 10.6 Å². The van der Waals surface area contributed by atoms with Crippen LogP contribution in [0.5, 0.6) is 0 Å². The Morgan fingerprint density at radius 3 is 2.50 bits per heavy atom. The number of benzene rings is 1. The number of esters is 1. The van der Waals surface area contributed by atoms with Crippen molar-refractivity contribution in [2.45, 2.75) is 12.6 Å². The zero-order valence-corrected chi connectivity index (χ0v) is 12.1. The van der Waals surface area contributed by atoms with Gasteiger partial charge in [0, 0.05) is 6.54 Å². The molecular formula is C14H18N2O6. The lowest BCUT2D eigenvalue weighted by Crippen LogP contribution is -2.48. The summed E-state index contributed by atoms with van der Waals surface area (Å²) in [5, 5.41) is 13.8. The van der Waals surface area contributed by atoms with Crippen LogP contribution in [0.25, 0.3) is 0 Å².